The number of benzene rings is 2. The maximum Gasteiger partial charge on any atom is 0.319 e. The largest absolute Gasteiger partial charge is 0.490 e. The SMILES string of the molecule is C=C1NC(=O)N[C@H](c2ccccc2)[C@H]1C(=O)OCCOc1ccccc1. The van der Waals surface area contributed by atoms with Crippen LogP contribution >= 0.6 is 0 Å². The van der Waals surface area contributed by atoms with Crippen molar-refractivity contribution in [2.45, 2.75) is 6.04 Å². The smallest absolute Gasteiger partial charge is 0.319 e. The molecule has 1 aliphatic heterocycles. The Labute approximate surface area is 151 Å². The highest BCUT2D eigenvalue weighted by atomic mass is 16.6. The third-order valence-electron chi connectivity index (χ3n) is 4.02. The first-order valence-corrected chi connectivity index (χ1v) is 8.31. The molecule has 0 unspecified atom stereocenters. The molecule has 2 amide bonds. The average Bonchev–Trinajstić information content (AvgIpc) is 2.66. The number of amides is 2. The molecule has 2 aromatic rings. The van der Waals surface area contributed by atoms with E-state index in [1.54, 1.807) is 0 Å². The van der Waals surface area contributed by atoms with Crippen LogP contribution in [0.2, 0.25) is 0 Å². The first-order valence-electron chi connectivity index (χ1n) is 8.31. The molecule has 0 radical (unpaired) electrons. The summed E-state index contributed by atoms with van der Waals surface area (Å²) in [6.07, 6.45) is 0. The van der Waals surface area contributed by atoms with E-state index in [0.29, 0.717) is 11.4 Å². The van der Waals surface area contributed by atoms with Crippen LogP contribution in [0.4, 0.5) is 4.79 Å². The van der Waals surface area contributed by atoms with Gasteiger partial charge in [0.2, 0.25) is 0 Å². The second-order valence-electron chi connectivity index (χ2n) is 5.82. The molecule has 0 spiro atoms. The lowest BCUT2D eigenvalue weighted by atomic mass is 9.89. The van der Waals surface area contributed by atoms with Crippen molar-refractivity contribution in [3.63, 3.8) is 0 Å². The fraction of sp³-hybridized carbons (Fsp3) is 0.200. The Balaban J connectivity index is 1.61. The number of para-hydroxylation sites is 1. The van der Waals surface area contributed by atoms with Crippen LogP contribution in [0.1, 0.15) is 11.6 Å². The summed E-state index contributed by atoms with van der Waals surface area (Å²) < 4.78 is 10.9. The molecule has 2 N–H and O–H groups in total. The number of hydrogen-bond donors (Lipinski definition) is 2. The molecule has 26 heavy (non-hydrogen) atoms. The molecule has 1 heterocycles. The Kier molecular flexibility index (Phi) is 5.53. The van der Waals surface area contributed by atoms with Gasteiger partial charge in [-0.1, -0.05) is 55.1 Å². The van der Waals surface area contributed by atoms with Gasteiger partial charge < -0.3 is 20.1 Å². The summed E-state index contributed by atoms with van der Waals surface area (Å²) in [7, 11) is 0. The van der Waals surface area contributed by atoms with Crippen molar-refractivity contribution in [3.05, 3.63) is 78.5 Å². The van der Waals surface area contributed by atoms with E-state index in [2.05, 4.69) is 17.2 Å². The summed E-state index contributed by atoms with van der Waals surface area (Å²) in [6, 6.07) is 17.6. The molecule has 134 valence electrons. The summed E-state index contributed by atoms with van der Waals surface area (Å²) >= 11 is 0. The Bertz CT molecular complexity index is 777. The average molecular weight is 352 g/mol. The van der Waals surface area contributed by atoms with E-state index in [4.69, 9.17) is 9.47 Å². The molecule has 0 aliphatic carbocycles. The summed E-state index contributed by atoms with van der Waals surface area (Å²) in [5.74, 6) is -0.471. The maximum atomic E-state index is 12.6. The number of rotatable bonds is 6. The van der Waals surface area contributed by atoms with Gasteiger partial charge in [-0.3, -0.25) is 4.79 Å². The van der Waals surface area contributed by atoms with Gasteiger partial charge in [0.1, 0.15) is 24.9 Å². The number of urea groups is 1. The van der Waals surface area contributed by atoms with Gasteiger partial charge in [-0.15, -0.1) is 0 Å². The second-order valence-corrected chi connectivity index (χ2v) is 5.82. The number of nitrogens with one attached hydrogen (secondary N) is 2. The molecule has 1 aliphatic rings. The number of carbonyl (C=O) groups is 2. The molecule has 6 heteroatoms. The van der Waals surface area contributed by atoms with Crippen molar-refractivity contribution in [1.82, 2.24) is 10.6 Å². The van der Waals surface area contributed by atoms with Crippen LogP contribution in [-0.2, 0) is 9.53 Å². The van der Waals surface area contributed by atoms with E-state index in [0.717, 1.165) is 5.56 Å². The van der Waals surface area contributed by atoms with Gasteiger partial charge in [0.15, 0.2) is 0 Å². The monoisotopic (exact) mass is 352 g/mol. The summed E-state index contributed by atoms with van der Waals surface area (Å²) in [5.41, 5.74) is 1.13. The lowest BCUT2D eigenvalue weighted by Crippen LogP contribution is -2.51. The minimum Gasteiger partial charge on any atom is -0.490 e. The highest BCUT2D eigenvalue weighted by Crippen LogP contribution is 2.30. The van der Waals surface area contributed by atoms with E-state index in [1.165, 1.54) is 0 Å². The molecule has 0 saturated carbocycles. The topological polar surface area (TPSA) is 76.7 Å². The van der Waals surface area contributed by atoms with Gasteiger partial charge >= 0.3 is 12.0 Å². The molecule has 1 saturated heterocycles. The molecule has 0 bridgehead atoms. The van der Waals surface area contributed by atoms with Gasteiger partial charge in [0, 0.05) is 5.70 Å². The van der Waals surface area contributed by atoms with Crippen LogP contribution < -0.4 is 15.4 Å². The Hall–Kier alpha value is -3.28. The minimum atomic E-state index is -0.716. The van der Waals surface area contributed by atoms with Crippen molar-refractivity contribution < 1.29 is 19.1 Å². The van der Waals surface area contributed by atoms with Crippen LogP contribution in [0, 0.1) is 5.92 Å². The van der Waals surface area contributed by atoms with Gasteiger partial charge in [0.05, 0.1) is 6.04 Å². The van der Waals surface area contributed by atoms with Gasteiger partial charge in [-0.05, 0) is 17.7 Å². The second kappa shape index (κ2) is 8.20. The molecule has 0 aromatic heterocycles. The zero-order chi connectivity index (χ0) is 18.4. The van der Waals surface area contributed by atoms with Crippen molar-refractivity contribution in [2.75, 3.05) is 13.2 Å². The van der Waals surface area contributed by atoms with Gasteiger partial charge in [0.25, 0.3) is 0 Å². The molecule has 2 atom stereocenters. The van der Waals surface area contributed by atoms with Crippen molar-refractivity contribution >= 4 is 12.0 Å². The van der Waals surface area contributed by atoms with E-state index in [9.17, 15) is 9.59 Å². The quantitative estimate of drug-likeness (QED) is 0.619. The molecule has 6 nitrogen and oxygen atoms in total. The lowest BCUT2D eigenvalue weighted by molar-refractivity contribution is -0.149. The van der Waals surface area contributed by atoms with Gasteiger partial charge in [-0.25, -0.2) is 4.79 Å². The summed E-state index contributed by atoms with van der Waals surface area (Å²) in [4.78, 5) is 24.4. The van der Waals surface area contributed by atoms with Crippen LogP contribution in [-0.4, -0.2) is 25.2 Å². The summed E-state index contributed by atoms with van der Waals surface area (Å²) in [6.45, 7) is 4.16. The zero-order valence-electron chi connectivity index (χ0n) is 14.2. The Morgan fingerprint density at radius 1 is 1.00 bits per heavy atom. The third-order valence-corrected chi connectivity index (χ3v) is 4.02. The van der Waals surface area contributed by atoms with E-state index < -0.39 is 17.9 Å². The Morgan fingerprint density at radius 2 is 1.65 bits per heavy atom. The Morgan fingerprint density at radius 3 is 2.35 bits per heavy atom. The van der Waals surface area contributed by atoms with Crippen LogP contribution in [0.3, 0.4) is 0 Å². The number of hydrogen-bond acceptors (Lipinski definition) is 4. The van der Waals surface area contributed by atoms with Crippen LogP contribution in [0.15, 0.2) is 72.9 Å². The van der Waals surface area contributed by atoms with E-state index in [1.807, 2.05) is 60.7 Å². The number of ether oxygens (including phenoxy) is 2. The van der Waals surface area contributed by atoms with E-state index >= 15 is 0 Å². The fourth-order valence-corrected chi connectivity index (χ4v) is 2.81. The maximum absolute atomic E-state index is 12.6. The lowest BCUT2D eigenvalue weighted by Gasteiger charge is -2.33. The molecular weight excluding hydrogens is 332 g/mol. The van der Waals surface area contributed by atoms with Crippen LogP contribution in [0.25, 0.3) is 0 Å². The fourth-order valence-electron chi connectivity index (χ4n) is 2.81. The molecular formula is C20H20N2O4. The van der Waals surface area contributed by atoms with Crippen molar-refractivity contribution in [2.24, 2.45) is 5.92 Å². The van der Waals surface area contributed by atoms with Crippen molar-refractivity contribution in [1.29, 1.82) is 0 Å². The highest BCUT2D eigenvalue weighted by molar-refractivity contribution is 5.85. The van der Waals surface area contributed by atoms with Crippen molar-refractivity contribution in [3.8, 4) is 5.75 Å². The molecule has 1 fully saturated rings. The standard InChI is InChI=1S/C20H20N2O4/c1-14-17(18(22-20(24)21-14)15-8-4-2-5-9-15)19(23)26-13-12-25-16-10-6-3-7-11-16/h2-11,17-18H,1,12-13H2,(H2,21,22,24)/t17-,18+/m0/s1. The first-order chi connectivity index (χ1) is 12.6. The highest BCUT2D eigenvalue weighted by Gasteiger charge is 2.38. The molecule has 2 aromatic carbocycles. The van der Waals surface area contributed by atoms with Gasteiger partial charge in [-0.2, -0.15) is 0 Å². The zero-order valence-corrected chi connectivity index (χ0v) is 14.2. The molecule has 3 rings (SSSR count). The third kappa shape index (κ3) is 4.22. The van der Waals surface area contributed by atoms with Crippen LogP contribution in [0.5, 0.6) is 5.75 Å². The first kappa shape index (κ1) is 17.5. The minimum absolute atomic E-state index is 0.104. The van der Waals surface area contributed by atoms with E-state index in [-0.39, 0.29) is 19.2 Å². The normalized spacial score (nSPS) is 19.2. The summed E-state index contributed by atoms with van der Waals surface area (Å²) in [5, 5.41) is 5.32. The predicted octanol–water partition coefficient (Wildman–Crippen LogP) is 2.79. The number of esters is 1. The predicted molar refractivity (Wildman–Crippen MR) is 96.4 cm³/mol. The number of carbonyl (C=O) groups excluding carboxylic acids is 2.